The molecule has 0 saturated carbocycles. The highest BCUT2D eigenvalue weighted by molar-refractivity contribution is 4.85. The molecule has 3 nitrogen and oxygen atoms in total. The van der Waals surface area contributed by atoms with Gasteiger partial charge in [0.1, 0.15) is 0 Å². The smallest absolute Gasteiger partial charge is 0.0674 e. The lowest BCUT2D eigenvalue weighted by Crippen LogP contribution is -2.56. The molecule has 1 heterocycles. The summed E-state index contributed by atoms with van der Waals surface area (Å²) in [7, 11) is 2.05. The van der Waals surface area contributed by atoms with E-state index in [4.69, 9.17) is 4.74 Å². The highest BCUT2D eigenvalue weighted by Crippen LogP contribution is 2.17. The molecule has 4 atom stereocenters. The number of nitrogens with zero attached hydrogens (tertiary/aromatic N) is 1. The first-order chi connectivity index (χ1) is 7.10. The minimum absolute atomic E-state index is 0.373. The van der Waals surface area contributed by atoms with Gasteiger partial charge in [-0.2, -0.15) is 0 Å². The molecule has 90 valence electrons. The van der Waals surface area contributed by atoms with E-state index in [0.717, 1.165) is 13.2 Å². The second-order valence-corrected chi connectivity index (χ2v) is 4.73. The van der Waals surface area contributed by atoms with Gasteiger partial charge in [0, 0.05) is 24.7 Å². The topological polar surface area (TPSA) is 24.5 Å². The molecule has 1 aliphatic heterocycles. The van der Waals surface area contributed by atoms with Crippen molar-refractivity contribution in [3.63, 3.8) is 0 Å². The Morgan fingerprint density at radius 3 is 2.67 bits per heavy atom. The third kappa shape index (κ3) is 3.16. The molecule has 0 aromatic rings. The molecule has 0 aromatic carbocycles. The van der Waals surface area contributed by atoms with Crippen molar-refractivity contribution in [1.29, 1.82) is 0 Å². The standard InChI is InChI=1S/C12H26N2O/c1-6-12(13-5)11(4)14-7-10(3)15-8-9(14)2/h9-13H,6-8H2,1-5H3. The van der Waals surface area contributed by atoms with E-state index >= 15 is 0 Å². The molecule has 1 aliphatic rings. The summed E-state index contributed by atoms with van der Waals surface area (Å²) in [4.78, 5) is 2.57. The zero-order valence-electron chi connectivity index (χ0n) is 10.8. The largest absolute Gasteiger partial charge is 0.376 e. The van der Waals surface area contributed by atoms with Gasteiger partial charge in [-0.25, -0.2) is 0 Å². The maximum atomic E-state index is 5.66. The van der Waals surface area contributed by atoms with E-state index in [9.17, 15) is 0 Å². The Labute approximate surface area is 94.2 Å². The number of nitrogens with one attached hydrogen (secondary N) is 1. The molecule has 1 rings (SSSR count). The predicted octanol–water partition coefficient (Wildman–Crippen LogP) is 1.48. The van der Waals surface area contributed by atoms with Crippen LogP contribution >= 0.6 is 0 Å². The molecule has 0 spiro atoms. The Bertz CT molecular complexity index is 182. The van der Waals surface area contributed by atoms with Crippen molar-refractivity contribution < 1.29 is 4.74 Å². The van der Waals surface area contributed by atoms with Crippen LogP contribution < -0.4 is 5.32 Å². The molecule has 15 heavy (non-hydrogen) atoms. The Morgan fingerprint density at radius 1 is 1.47 bits per heavy atom. The van der Waals surface area contributed by atoms with Crippen molar-refractivity contribution in [2.24, 2.45) is 0 Å². The summed E-state index contributed by atoms with van der Waals surface area (Å²) in [5, 5.41) is 3.40. The van der Waals surface area contributed by atoms with E-state index in [2.05, 4.69) is 45.0 Å². The summed E-state index contributed by atoms with van der Waals surface area (Å²) < 4.78 is 5.66. The van der Waals surface area contributed by atoms with Crippen molar-refractivity contribution >= 4 is 0 Å². The van der Waals surface area contributed by atoms with Gasteiger partial charge in [-0.05, 0) is 34.2 Å². The molecular formula is C12H26N2O. The zero-order chi connectivity index (χ0) is 11.4. The lowest BCUT2D eigenvalue weighted by molar-refractivity contribution is -0.0682. The van der Waals surface area contributed by atoms with Gasteiger partial charge < -0.3 is 10.1 Å². The van der Waals surface area contributed by atoms with Gasteiger partial charge in [0.05, 0.1) is 12.7 Å². The number of hydrogen-bond acceptors (Lipinski definition) is 3. The molecule has 0 radical (unpaired) electrons. The van der Waals surface area contributed by atoms with E-state index in [0.29, 0.717) is 24.2 Å². The molecule has 0 amide bonds. The lowest BCUT2D eigenvalue weighted by atomic mass is 10.0. The Morgan fingerprint density at radius 2 is 2.13 bits per heavy atom. The van der Waals surface area contributed by atoms with Crippen LogP contribution in [0.25, 0.3) is 0 Å². The Hall–Kier alpha value is -0.120. The van der Waals surface area contributed by atoms with Crippen molar-refractivity contribution in [3.8, 4) is 0 Å². The monoisotopic (exact) mass is 214 g/mol. The van der Waals surface area contributed by atoms with Crippen molar-refractivity contribution in [2.75, 3.05) is 20.2 Å². The van der Waals surface area contributed by atoms with Gasteiger partial charge in [0.2, 0.25) is 0 Å². The van der Waals surface area contributed by atoms with Crippen molar-refractivity contribution in [3.05, 3.63) is 0 Å². The summed E-state index contributed by atoms with van der Waals surface area (Å²) in [5.41, 5.74) is 0. The third-order valence-electron chi connectivity index (χ3n) is 3.57. The molecule has 0 aliphatic carbocycles. The van der Waals surface area contributed by atoms with Gasteiger partial charge in [-0.1, -0.05) is 6.92 Å². The van der Waals surface area contributed by atoms with Crippen LogP contribution in [0.2, 0.25) is 0 Å². The first-order valence-corrected chi connectivity index (χ1v) is 6.14. The van der Waals surface area contributed by atoms with Crippen LogP contribution in [-0.4, -0.2) is 49.3 Å². The number of likely N-dealkylation sites (N-methyl/N-ethyl adjacent to an activating group) is 1. The van der Waals surface area contributed by atoms with Crippen LogP contribution in [0.5, 0.6) is 0 Å². The first-order valence-electron chi connectivity index (χ1n) is 6.14. The summed E-state index contributed by atoms with van der Waals surface area (Å²) in [6.45, 7) is 10.9. The lowest BCUT2D eigenvalue weighted by Gasteiger charge is -2.43. The number of hydrogen-bond donors (Lipinski definition) is 1. The Kier molecular flexibility index (Phi) is 5.03. The van der Waals surface area contributed by atoms with E-state index < -0.39 is 0 Å². The van der Waals surface area contributed by atoms with E-state index in [-0.39, 0.29) is 0 Å². The molecular weight excluding hydrogens is 188 g/mol. The average molecular weight is 214 g/mol. The van der Waals surface area contributed by atoms with Gasteiger partial charge in [-0.3, -0.25) is 4.90 Å². The summed E-state index contributed by atoms with van der Waals surface area (Å²) in [6, 6.07) is 1.71. The summed E-state index contributed by atoms with van der Waals surface area (Å²) in [5.74, 6) is 0. The fourth-order valence-electron chi connectivity index (χ4n) is 2.51. The van der Waals surface area contributed by atoms with Crippen molar-refractivity contribution in [1.82, 2.24) is 10.2 Å². The molecule has 0 aromatic heterocycles. The maximum Gasteiger partial charge on any atom is 0.0674 e. The van der Waals surface area contributed by atoms with Crippen LogP contribution in [0.3, 0.4) is 0 Å². The average Bonchev–Trinajstić information content (AvgIpc) is 2.23. The molecule has 3 heteroatoms. The molecule has 1 fully saturated rings. The molecule has 0 bridgehead atoms. The first kappa shape index (κ1) is 12.9. The van der Waals surface area contributed by atoms with Crippen LogP contribution in [0.1, 0.15) is 34.1 Å². The van der Waals surface area contributed by atoms with E-state index in [1.807, 2.05) is 0 Å². The molecule has 1 N–H and O–H groups in total. The SMILES string of the molecule is CCC(NC)C(C)N1CC(C)OCC1C. The molecule has 4 unspecified atom stereocenters. The minimum Gasteiger partial charge on any atom is -0.376 e. The number of rotatable bonds is 4. The second kappa shape index (κ2) is 5.83. The van der Waals surface area contributed by atoms with Crippen molar-refractivity contribution in [2.45, 2.75) is 58.3 Å². The van der Waals surface area contributed by atoms with E-state index in [1.54, 1.807) is 0 Å². The quantitative estimate of drug-likeness (QED) is 0.767. The highest BCUT2D eigenvalue weighted by Gasteiger charge is 2.30. The second-order valence-electron chi connectivity index (χ2n) is 4.73. The third-order valence-corrected chi connectivity index (χ3v) is 3.57. The highest BCUT2D eigenvalue weighted by atomic mass is 16.5. The fraction of sp³-hybridized carbons (Fsp3) is 1.00. The maximum absolute atomic E-state index is 5.66. The van der Waals surface area contributed by atoms with Crippen LogP contribution in [0, 0.1) is 0 Å². The van der Waals surface area contributed by atoms with Crippen LogP contribution in [0.4, 0.5) is 0 Å². The number of morpholine rings is 1. The summed E-state index contributed by atoms with van der Waals surface area (Å²) >= 11 is 0. The normalized spacial score (nSPS) is 32.6. The Balaban J connectivity index is 2.59. The number of ether oxygens (including phenoxy) is 1. The molecule has 1 saturated heterocycles. The summed E-state index contributed by atoms with van der Waals surface area (Å²) in [6.07, 6.45) is 1.55. The van der Waals surface area contributed by atoms with Gasteiger partial charge in [0.15, 0.2) is 0 Å². The van der Waals surface area contributed by atoms with Crippen LogP contribution in [-0.2, 0) is 4.74 Å². The zero-order valence-corrected chi connectivity index (χ0v) is 10.8. The fourth-order valence-corrected chi connectivity index (χ4v) is 2.51. The van der Waals surface area contributed by atoms with Gasteiger partial charge >= 0.3 is 0 Å². The minimum atomic E-state index is 0.373. The van der Waals surface area contributed by atoms with Crippen LogP contribution in [0.15, 0.2) is 0 Å². The van der Waals surface area contributed by atoms with Gasteiger partial charge in [0.25, 0.3) is 0 Å². The van der Waals surface area contributed by atoms with Gasteiger partial charge in [-0.15, -0.1) is 0 Å². The predicted molar refractivity (Wildman–Crippen MR) is 64.2 cm³/mol. The van der Waals surface area contributed by atoms with E-state index in [1.165, 1.54) is 6.42 Å².